The van der Waals surface area contributed by atoms with Crippen LogP contribution in [0.4, 0.5) is 11.4 Å². The van der Waals surface area contributed by atoms with Gasteiger partial charge in [0.05, 0.1) is 29.1 Å². The van der Waals surface area contributed by atoms with Gasteiger partial charge in [-0.05, 0) is 48.2 Å². The zero-order valence-corrected chi connectivity index (χ0v) is 25.2. The van der Waals surface area contributed by atoms with Crippen LogP contribution in [0.15, 0.2) is 117 Å². The first kappa shape index (κ1) is 27.3. The Balaban J connectivity index is 1.39. The molecule has 0 radical (unpaired) electrons. The van der Waals surface area contributed by atoms with Gasteiger partial charge >= 0.3 is 0 Å². The third kappa shape index (κ3) is 4.66. The minimum Gasteiger partial charge on any atom is -0.322 e. The molecule has 0 bridgehead atoms. The van der Waals surface area contributed by atoms with Crippen LogP contribution in [0, 0.1) is 0 Å². The van der Waals surface area contributed by atoms with E-state index < -0.39 is 6.04 Å². The molecule has 10 heteroatoms. The third-order valence-corrected chi connectivity index (χ3v) is 9.87. The van der Waals surface area contributed by atoms with Gasteiger partial charge in [-0.2, -0.15) is 0 Å². The highest BCUT2D eigenvalue weighted by molar-refractivity contribution is 7.10. The Hall–Kier alpha value is -4.57. The van der Waals surface area contributed by atoms with Crippen LogP contribution < -0.4 is 25.1 Å². The number of hydrogen-bond acceptors (Lipinski definition) is 6. The van der Waals surface area contributed by atoms with Gasteiger partial charge < -0.3 is 10.2 Å². The summed E-state index contributed by atoms with van der Waals surface area (Å²) in [6.45, 7) is 2.04. The summed E-state index contributed by atoms with van der Waals surface area (Å²) in [4.78, 5) is 49.8. The summed E-state index contributed by atoms with van der Waals surface area (Å²) < 4.78 is 1.84. The number of fused-ring (bicyclic) bond motifs is 2. The van der Waals surface area contributed by atoms with Crippen LogP contribution in [-0.4, -0.2) is 16.4 Å². The third-order valence-electron chi connectivity index (χ3n) is 7.52. The van der Waals surface area contributed by atoms with Gasteiger partial charge in [0, 0.05) is 21.2 Å². The first-order valence-electron chi connectivity index (χ1n) is 13.5. The lowest BCUT2D eigenvalue weighted by molar-refractivity contribution is -0.114. The van der Waals surface area contributed by atoms with E-state index in [0.29, 0.717) is 43.6 Å². The molecule has 2 aliphatic heterocycles. The Morgan fingerprint density at radius 3 is 2.47 bits per heavy atom. The van der Waals surface area contributed by atoms with Crippen molar-refractivity contribution in [2.75, 3.05) is 10.2 Å². The molecule has 0 unspecified atom stereocenters. The summed E-state index contributed by atoms with van der Waals surface area (Å²) in [5.74, 6) is -0.617. The van der Waals surface area contributed by atoms with E-state index in [1.807, 2.05) is 90.3 Å². The fourth-order valence-corrected chi connectivity index (χ4v) is 7.71. The lowest BCUT2D eigenvalue weighted by atomic mass is 10.0. The average Bonchev–Trinajstić information content (AvgIpc) is 3.72. The van der Waals surface area contributed by atoms with Gasteiger partial charge in [0.25, 0.3) is 17.4 Å². The van der Waals surface area contributed by atoms with Crippen LogP contribution in [0.3, 0.4) is 0 Å². The molecule has 0 saturated heterocycles. The lowest BCUT2D eigenvalue weighted by Gasteiger charge is -2.24. The summed E-state index contributed by atoms with van der Waals surface area (Å²) in [5.41, 5.74) is 3.70. The molecule has 0 saturated carbocycles. The summed E-state index contributed by atoms with van der Waals surface area (Å²) in [6.07, 6.45) is 0. The second-order valence-corrected chi connectivity index (χ2v) is 12.5. The predicted octanol–water partition coefficient (Wildman–Crippen LogP) is 5.51. The maximum Gasteiger partial charge on any atom is 0.272 e. The summed E-state index contributed by atoms with van der Waals surface area (Å²) >= 11 is 9.08. The number of carbonyl (C=O) groups is 2. The molecule has 2 amide bonds. The van der Waals surface area contributed by atoms with Crippen molar-refractivity contribution < 1.29 is 9.59 Å². The van der Waals surface area contributed by atoms with Crippen LogP contribution in [0.2, 0.25) is 5.02 Å². The van der Waals surface area contributed by atoms with Gasteiger partial charge in [0.1, 0.15) is 10.6 Å². The molecule has 5 aromatic rings. The monoisotopic (exact) mass is 622 g/mol. The number of allylic oxidation sites excluding steroid dienone is 1. The number of carbonyl (C=O) groups excluding carboxylic acids is 2. The van der Waals surface area contributed by atoms with Gasteiger partial charge in [-0.15, -0.1) is 11.3 Å². The number of nitrogens with one attached hydrogen (secondary N) is 1. The van der Waals surface area contributed by atoms with Gasteiger partial charge in [0.2, 0.25) is 0 Å². The summed E-state index contributed by atoms with van der Waals surface area (Å²) in [7, 11) is 0. The SMILES string of the molecule is CC1=C(C(=O)Nc2ccccc2)[C@@H](c2cccs2)n2c(s/c(=C3/C(=O)N(Cc4ccccc4Cl)c4ccccc43)c2=O)=N1. The number of thiazole rings is 1. The maximum absolute atomic E-state index is 14.4. The Kier molecular flexibility index (Phi) is 6.93. The fraction of sp³-hybridized carbons (Fsp3) is 0.0909. The smallest absolute Gasteiger partial charge is 0.272 e. The molecule has 1 atom stereocenters. The van der Waals surface area contributed by atoms with Crippen LogP contribution in [0.1, 0.15) is 29.0 Å². The largest absolute Gasteiger partial charge is 0.322 e. The van der Waals surface area contributed by atoms with E-state index in [9.17, 15) is 14.4 Å². The molecule has 4 heterocycles. The molecule has 1 N–H and O–H groups in total. The van der Waals surface area contributed by atoms with E-state index in [1.54, 1.807) is 22.5 Å². The van der Waals surface area contributed by atoms with Crippen LogP contribution in [-0.2, 0) is 16.1 Å². The number of amides is 2. The minimum absolute atomic E-state index is 0.262. The average molecular weight is 623 g/mol. The van der Waals surface area contributed by atoms with Crippen molar-refractivity contribution in [3.63, 3.8) is 0 Å². The number of para-hydroxylation sites is 2. The van der Waals surface area contributed by atoms with E-state index in [-0.39, 0.29) is 28.5 Å². The molecular weight excluding hydrogens is 600 g/mol. The van der Waals surface area contributed by atoms with E-state index in [2.05, 4.69) is 5.32 Å². The Labute approximate surface area is 259 Å². The van der Waals surface area contributed by atoms with Gasteiger partial charge in [0.15, 0.2) is 4.80 Å². The number of halogens is 1. The first-order valence-corrected chi connectivity index (χ1v) is 15.6. The number of hydrogen-bond donors (Lipinski definition) is 1. The normalized spacial score (nSPS) is 17.0. The fourth-order valence-electron chi connectivity index (χ4n) is 5.55. The number of rotatable bonds is 5. The van der Waals surface area contributed by atoms with Crippen LogP contribution >= 0.6 is 34.3 Å². The molecule has 2 aliphatic rings. The van der Waals surface area contributed by atoms with E-state index in [0.717, 1.165) is 10.4 Å². The van der Waals surface area contributed by atoms with Gasteiger partial charge in [-0.1, -0.05) is 83.6 Å². The zero-order valence-electron chi connectivity index (χ0n) is 22.8. The number of benzene rings is 3. The topological polar surface area (TPSA) is 83.8 Å². The Morgan fingerprint density at radius 2 is 1.70 bits per heavy atom. The summed E-state index contributed by atoms with van der Waals surface area (Å²) in [5, 5.41) is 5.44. The highest BCUT2D eigenvalue weighted by Crippen LogP contribution is 2.37. The van der Waals surface area contributed by atoms with E-state index in [4.69, 9.17) is 16.6 Å². The van der Waals surface area contributed by atoms with Crippen molar-refractivity contribution in [2.24, 2.45) is 4.99 Å². The van der Waals surface area contributed by atoms with Crippen molar-refractivity contribution in [1.29, 1.82) is 0 Å². The zero-order chi connectivity index (χ0) is 29.7. The molecule has 3 aromatic carbocycles. The number of aromatic nitrogens is 1. The van der Waals surface area contributed by atoms with Crippen LogP contribution in [0.25, 0.3) is 5.57 Å². The van der Waals surface area contributed by atoms with Crippen molar-refractivity contribution in [1.82, 2.24) is 4.57 Å². The van der Waals surface area contributed by atoms with Crippen molar-refractivity contribution in [3.05, 3.63) is 148 Å². The van der Waals surface area contributed by atoms with E-state index in [1.165, 1.54) is 22.7 Å². The highest BCUT2D eigenvalue weighted by Gasteiger charge is 2.37. The second-order valence-electron chi connectivity index (χ2n) is 10.1. The van der Waals surface area contributed by atoms with Gasteiger partial charge in [-0.25, -0.2) is 4.99 Å². The van der Waals surface area contributed by atoms with E-state index >= 15 is 0 Å². The second kappa shape index (κ2) is 10.9. The molecular formula is C33H23ClN4O3S2. The van der Waals surface area contributed by atoms with Crippen LogP contribution in [0.5, 0.6) is 0 Å². The number of anilines is 2. The van der Waals surface area contributed by atoms with Gasteiger partial charge in [-0.3, -0.25) is 19.0 Å². The Bertz CT molecular complexity index is 2130. The quantitative estimate of drug-likeness (QED) is 0.281. The number of thiophene rings is 1. The predicted molar refractivity (Wildman–Crippen MR) is 171 cm³/mol. The molecule has 7 rings (SSSR count). The van der Waals surface area contributed by atoms with Crippen molar-refractivity contribution in [2.45, 2.75) is 19.5 Å². The molecule has 0 fully saturated rings. The molecule has 0 spiro atoms. The standard InChI is InChI=1S/C33H23ClN4O3S2/c1-19-26(30(39)36-21-11-3-2-4-12-21)28(25-16-9-17-42-25)38-32(41)29(43-33(38)35-19)27-22-13-6-8-15-24(22)37(31(27)40)18-20-10-5-7-14-23(20)34/h2-17,28H,18H2,1H3,(H,36,39)/b29-27+/t28-/m1/s1. The number of nitrogens with zero attached hydrogens (tertiary/aromatic N) is 3. The van der Waals surface area contributed by atoms with Crippen molar-refractivity contribution in [3.8, 4) is 0 Å². The molecule has 212 valence electrons. The molecule has 43 heavy (non-hydrogen) atoms. The lowest BCUT2D eigenvalue weighted by Crippen LogP contribution is -2.41. The Morgan fingerprint density at radius 1 is 0.953 bits per heavy atom. The highest BCUT2D eigenvalue weighted by atomic mass is 35.5. The maximum atomic E-state index is 14.4. The summed E-state index contributed by atoms with van der Waals surface area (Å²) in [6, 6.07) is 27.1. The molecule has 0 aliphatic carbocycles. The minimum atomic E-state index is -0.694. The first-order chi connectivity index (χ1) is 20.9. The van der Waals surface area contributed by atoms with Crippen molar-refractivity contribution >= 4 is 63.0 Å². The molecule has 2 aromatic heterocycles. The molecule has 7 nitrogen and oxygen atoms in total.